The van der Waals surface area contributed by atoms with Gasteiger partial charge >= 0.3 is 17.9 Å². The third-order valence-electron chi connectivity index (χ3n) is 12.8. The predicted octanol–water partition coefficient (Wildman–Crippen LogP) is 21.5. The van der Waals surface area contributed by atoms with E-state index in [1.807, 2.05) is 0 Å². The zero-order valence-corrected chi connectivity index (χ0v) is 49.7. The Labute approximate surface area is 474 Å². The van der Waals surface area contributed by atoms with Gasteiger partial charge in [-0.15, -0.1) is 0 Å². The van der Waals surface area contributed by atoms with Crippen molar-refractivity contribution in [3.8, 4) is 0 Å². The van der Waals surface area contributed by atoms with E-state index < -0.39 is 6.10 Å². The number of carbonyl (C=O) groups excluding carboxylic acids is 3. The van der Waals surface area contributed by atoms with Crippen LogP contribution in [0.3, 0.4) is 0 Å². The molecule has 6 heteroatoms. The third-order valence-corrected chi connectivity index (χ3v) is 12.8. The second-order valence-electron chi connectivity index (χ2n) is 20.2. The first-order chi connectivity index (χ1) is 38.0. The van der Waals surface area contributed by atoms with Gasteiger partial charge in [0, 0.05) is 19.3 Å². The number of hydrogen-bond donors (Lipinski definition) is 0. The Morgan fingerprint density at radius 1 is 0.273 bits per heavy atom. The maximum absolute atomic E-state index is 12.9. The molecule has 0 bridgehead atoms. The van der Waals surface area contributed by atoms with Gasteiger partial charge in [0.1, 0.15) is 13.2 Å². The van der Waals surface area contributed by atoms with Crippen LogP contribution in [-0.2, 0) is 28.6 Å². The van der Waals surface area contributed by atoms with Crippen molar-refractivity contribution < 1.29 is 28.6 Å². The Kier molecular flexibility index (Phi) is 59.9. The lowest BCUT2D eigenvalue weighted by atomic mass is 10.0. The molecule has 0 rings (SSSR count). The minimum atomic E-state index is -0.826. The molecule has 0 spiro atoms. The van der Waals surface area contributed by atoms with E-state index in [1.54, 1.807) is 0 Å². The highest BCUT2D eigenvalue weighted by Gasteiger charge is 2.19. The smallest absolute Gasteiger partial charge is 0.306 e. The molecule has 0 radical (unpaired) electrons. The number of allylic oxidation sites excluding steroid dienone is 24. The minimum absolute atomic E-state index is 0.113. The lowest BCUT2D eigenvalue weighted by Gasteiger charge is -2.18. The zero-order valence-electron chi connectivity index (χ0n) is 49.7. The quantitative estimate of drug-likeness (QED) is 0.0261. The van der Waals surface area contributed by atoms with Crippen LogP contribution in [0.1, 0.15) is 265 Å². The first-order valence-electron chi connectivity index (χ1n) is 31.3. The lowest BCUT2D eigenvalue weighted by molar-refractivity contribution is -0.167. The summed E-state index contributed by atoms with van der Waals surface area (Å²) in [5, 5.41) is 0. The van der Waals surface area contributed by atoms with Gasteiger partial charge in [0.25, 0.3) is 0 Å². The maximum atomic E-state index is 12.9. The van der Waals surface area contributed by atoms with Gasteiger partial charge in [-0.1, -0.05) is 269 Å². The Morgan fingerprint density at radius 3 is 0.792 bits per heavy atom. The Morgan fingerprint density at radius 2 is 0.506 bits per heavy atom. The fourth-order valence-electron chi connectivity index (χ4n) is 8.21. The molecule has 77 heavy (non-hydrogen) atoms. The fourth-order valence-corrected chi connectivity index (χ4v) is 8.21. The average molecular weight is 1060 g/mol. The van der Waals surface area contributed by atoms with E-state index >= 15 is 0 Å². The summed E-state index contributed by atoms with van der Waals surface area (Å²) in [7, 11) is 0. The number of rotatable bonds is 55. The van der Waals surface area contributed by atoms with Gasteiger partial charge in [0.05, 0.1) is 0 Å². The van der Waals surface area contributed by atoms with Crippen LogP contribution >= 0.6 is 0 Å². The molecule has 1 unspecified atom stereocenters. The van der Waals surface area contributed by atoms with Crippen LogP contribution in [0.2, 0.25) is 0 Å². The van der Waals surface area contributed by atoms with Crippen LogP contribution in [0.4, 0.5) is 0 Å². The van der Waals surface area contributed by atoms with Crippen LogP contribution in [-0.4, -0.2) is 37.2 Å². The number of ether oxygens (including phenoxy) is 3. The molecule has 0 aliphatic heterocycles. The van der Waals surface area contributed by atoms with Gasteiger partial charge in [0.15, 0.2) is 6.10 Å². The molecule has 0 saturated carbocycles. The van der Waals surface area contributed by atoms with Gasteiger partial charge in [-0.3, -0.25) is 14.4 Å². The molecular weight excluding hydrogens is 949 g/mol. The van der Waals surface area contributed by atoms with Crippen molar-refractivity contribution in [2.75, 3.05) is 13.2 Å². The van der Waals surface area contributed by atoms with Crippen LogP contribution in [0.5, 0.6) is 0 Å². The standard InChI is InChI=1S/C71H114O6/c1-4-7-10-13-16-19-22-25-28-31-33-35-37-40-43-46-49-52-55-58-61-64-70(73)76-67-68(66-75-69(72)63-60-57-54-51-48-45-42-39-30-27-24-21-18-15-12-9-6-3)77-71(74)65-62-59-56-53-50-47-44-41-38-36-34-32-29-26-23-20-17-14-11-8-5-2/h7-8,10-11,16-17,19-20,25-26,28-29,33-36,40-41,43-44,49-50,52-53,68H,4-6,9,12-15,18,21-24,27,30-32,37-39,42,45-48,51,54-67H2,1-3H3/b10-7-,11-8-,19-16-,20-17-,28-25-,29-26-,35-33-,36-34-,43-40-,44-41-,52-49-,53-50-. The van der Waals surface area contributed by atoms with Crippen LogP contribution in [0, 0.1) is 0 Å². The van der Waals surface area contributed by atoms with E-state index in [1.165, 1.54) is 89.9 Å². The molecule has 0 amide bonds. The van der Waals surface area contributed by atoms with Gasteiger partial charge in [-0.2, -0.15) is 0 Å². The van der Waals surface area contributed by atoms with Crippen LogP contribution < -0.4 is 0 Å². The zero-order chi connectivity index (χ0) is 55.7. The Bertz CT molecular complexity index is 1700. The summed E-state index contributed by atoms with van der Waals surface area (Å²) in [5.41, 5.74) is 0. The molecule has 0 aromatic heterocycles. The summed E-state index contributed by atoms with van der Waals surface area (Å²) in [6.45, 7) is 6.35. The van der Waals surface area contributed by atoms with Crippen molar-refractivity contribution in [1.82, 2.24) is 0 Å². The minimum Gasteiger partial charge on any atom is -0.462 e. The molecule has 434 valence electrons. The Balaban J connectivity index is 4.57. The molecule has 0 aliphatic carbocycles. The number of hydrogen-bond acceptors (Lipinski definition) is 6. The summed E-state index contributed by atoms with van der Waals surface area (Å²) in [5.74, 6) is -1.00. The highest BCUT2D eigenvalue weighted by atomic mass is 16.6. The van der Waals surface area contributed by atoms with Crippen molar-refractivity contribution >= 4 is 17.9 Å². The summed E-state index contributed by atoms with van der Waals surface area (Å²) < 4.78 is 16.9. The van der Waals surface area contributed by atoms with Gasteiger partial charge in [-0.25, -0.2) is 0 Å². The molecule has 6 nitrogen and oxygen atoms in total. The summed E-state index contributed by atoms with van der Waals surface area (Å²) in [6.07, 6.45) is 91.3. The van der Waals surface area contributed by atoms with Crippen molar-refractivity contribution in [2.24, 2.45) is 0 Å². The topological polar surface area (TPSA) is 78.9 Å². The third kappa shape index (κ3) is 62.0. The van der Waals surface area contributed by atoms with Crippen LogP contribution in [0.25, 0.3) is 0 Å². The number of unbranched alkanes of at least 4 members (excludes halogenated alkanes) is 20. The van der Waals surface area contributed by atoms with E-state index in [4.69, 9.17) is 14.2 Å². The second kappa shape index (κ2) is 63.8. The SMILES string of the molecule is CC/C=C\C/C=C\C/C=C\C/C=C\C/C=C\C/C=C\CCCCC(=O)OCC(COC(=O)CCCCCCCCCCCCCCCCCCC)OC(=O)CCCC/C=C\C/C=C\C/C=C\C/C=C\C/C=C\C/C=C\CC. The molecule has 1 atom stereocenters. The summed E-state index contributed by atoms with van der Waals surface area (Å²) in [4.78, 5) is 38.3. The predicted molar refractivity (Wildman–Crippen MR) is 334 cm³/mol. The summed E-state index contributed by atoms with van der Waals surface area (Å²) >= 11 is 0. The fraction of sp³-hybridized carbons (Fsp3) is 0.620. The molecule has 0 aromatic rings. The van der Waals surface area contributed by atoms with Gasteiger partial charge in [0.2, 0.25) is 0 Å². The normalized spacial score (nSPS) is 13.1. The lowest BCUT2D eigenvalue weighted by Crippen LogP contribution is -2.30. The molecule has 0 aromatic carbocycles. The number of esters is 3. The average Bonchev–Trinajstić information content (AvgIpc) is 3.43. The van der Waals surface area contributed by atoms with Gasteiger partial charge < -0.3 is 14.2 Å². The maximum Gasteiger partial charge on any atom is 0.306 e. The van der Waals surface area contributed by atoms with Crippen LogP contribution in [0.15, 0.2) is 146 Å². The highest BCUT2D eigenvalue weighted by Crippen LogP contribution is 2.15. The largest absolute Gasteiger partial charge is 0.462 e. The summed E-state index contributed by atoms with van der Waals surface area (Å²) in [6, 6.07) is 0. The van der Waals surface area contributed by atoms with E-state index in [0.29, 0.717) is 19.3 Å². The van der Waals surface area contributed by atoms with Crippen molar-refractivity contribution in [1.29, 1.82) is 0 Å². The van der Waals surface area contributed by atoms with Crippen molar-refractivity contribution in [3.63, 3.8) is 0 Å². The molecular formula is C71H114O6. The molecule has 0 N–H and O–H groups in total. The van der Waals surface area contributed by atoms with E-state index in [-0.39, 0.29) is 44.0 Å². The van der Waals surface area contributed by atoms with E-state index in [2.05, 4.69) is 167 Å². The molecule has 0 saturated heterocycles. The second-order valence-corrected chi connectivity index (χ2v) is 20.2. The molecule has 0 aliphatic rings. The van der Waals surface area contributed by atoms with E-state index in [9.17, 15) is 14.4 Å². The van der Waals surface area contributed by atoms with Gasteiger partial charge in [-0.05, 0) is 122 Å². The number of carbonyl (C=O) groups is 3. The van der Waals surface area contributed by atoms with E-state index in [0.717, 1.165) is 122 Å². The first-order valence-corrected chi connectivity index (χ1v) is 31.3. The molecule has 0 heterocycles. The monoisotopic (exact) mass is 1060 g/mol. The molecule has 0 fully saturated rings. The highest BCUT2D eigenvalue weighted by molar-refractivity contribution is 5.71. The first kappa shape index (κ1) is 72.3. The van der Waals surface area contributed by atoms with Crippen molar-refractivity contribution in [3.05, 3.63) is 146 Å². The Hall–Kier alpha value is -4.71. The van der Waals surface area contributed by atoms with Crippen molar-refractivity contribution in [2.45, 2.75) is 271 Å².